The monoisotopic (exact) mass is 240 g/mol. The molecular formula is C12H7ClF2O. The predicted octanol–water partition coefficient (Wildman–Crippen LogP) is 3.99. The van der Waals surface area contributed by atoms with Crippen molar-refractivity contribution in [3.63, 3.8) is 0 Å². The van der Waals surface area contributed by atoms with E-state index in [0.717, 1.165) is 18.2 Å². The van der Waals surface area contributed by atoms with Gasteiger partial charge in [-0.2, -0.15) is 0 Å². The van der Waals surface area contributed by atoms with Crippen LogP contribution in [0.1, 0.15) is 0 Å². The Balaban J connectivity index is 2.59. The van der Waals surface area contributed by atoms with E-state index in [0.29, 0.717) is 0 Å². The summed E-state index contributed by atoms with van der Waals surface area (Å²) in [5, 5.41) is 9.77. The number of hydrogen-bond donors (Lipinski definition) is 1. The topological polar surface area (TPSA) is 20.2 Å². The molecule has 0 saturated carbocycles. The maximum Gasteiger partial charge on any atom is 0.132 e. The van der Waals surface area contributed by atoms with Gasteiger partial charge in [-0.25, -0.2) is 8.78 Å². The Kier molecular flexibility index (Phi) is 2.79. The van der Waals surface area contributed by atoms with Gasteiger partial charge in [0.15, 0.2) is 0 Å². The molecule has 4 heteroatoms. The molecule has 82 valence electrons. The van der Waals surface area contributed by atoms with Crippen molar-refractivity contribution in [3.8, 4) is 16.9 Å². The summed E-state index contributed by atoms with van der Waals surface area (Å²) in [6.45, 7) is 0. The van der Waals surface area contributed by atoms with Crippen LogP contribution in [0, 0.1) is 11.6 Å². The Bertz CT molecular complexity index is 491. The molecule has 2 aromatic carbocycles. The minimum Gasteiger partial charge on any atom is -0.507 e. The van der Waals surface area contributed by atoms with Crippen LogP contribution in [0.5, 0.6) is 5.75 Å². The van der Waals surface area contributed by atoms with Crippen LogP contribution in [0.3, 0.4) is 0 Å². The highest BCUT2D eigenvalue weighted by Gasteiger charge is 2.10. The van der Waals surface area contributed by atoms with Gasteiger partial charge in [0.25, 0.3) is 0 Å². The molecule has 0 fully saturated rings. The fraction of sp³-hybridized carbons (Fsp3) is 0. The van der Waals surface area contributed by atoms with Crippen LogP contribution in [-0.2, 0) is 0 Å². The third kappa shape index (κ3) is 1.99. The van der Waals surface area contributed by atoms with Crippen LogP contribution < -0.4 is 0 Å². The summed E-state index contributed by atoms with van der Waals surface area (Å²) in [6.07, 6.45) is 0. The van der Waals surface area contributed by atoms with Crippen LogP contribution in [0.2, 0.25) is 5.02 Å². The van der Waals surface area contributed by atoms with E-state index in [1.165, 1.54) is 18.2 Å². The highest BCUT2D eigenvalue weighted by Crippen LogP contribution is 2.32. The van der Waals surface area contributed by atoms with Crippen LogP contribution in [-0.4, -0.2) is 5.11 Å². The Labute approximate surface area is 95.9 Å². The Morgan fingerprint density at radius 3 is 2.25 bits per heavy atom. The highest BCUT2D eigenvalue weighted by atomic mass is 35.5. The van der Waals surface area contributed by atoms with Gasteiger partial charge in [-0.05, 0) is 30.3 Å². The number of rotatable bonds is 1. The van der Waals surface area contributed by atoms with E-state index in [1.54, 1.807) is 0 Å². The van der Waals surface area contributed by atoms with Crippen molar-refractivity contribution in [1.29, 1.82) is 0 Å². The number of benzene rings is 2. The first-order chi connectivity index (χ1) is 7.58. The van der Waals surface area contributed by atoms with E-state index in [9.17, 15) is 13.9 Å². The molecule has 0 spiro atoms. The number of phenols is 1. The summed E-state index contributed by atoms with van der Waals surface area (Å²) in [6, 6.07) is 7.48. The van der Waals surface area contributed by atoms with Gasteiger partial charge in [-0.3, -0.25) is 0 Å². The van der Waals surface area contributed by atoms with Crippen molar-refractivity contribution in [2.45, 2.75) is 0 Å². The molecule has 0 radical (unpaired) electrons. The van der Waals surface area contributed by atoms with Gasteiger partial charge >= 0.3 is 0 Å². The van der Waals surface area contributed by atoms with E-state index < -0.39 is 11.6 Å². The molecule has 2 aromatic rings. The molecule has 0 unspecified atom stereocenters. The summed E-state index contributed by atoms with van der Waals surface area (Å²) < 4.78 is 26.3. The van der Waals surface area contributed by atoms with Crippen molar-refractivity contribution in [2.24, 2.45) is 0 Å². The molecule has 0 aromatic heterocycles. The number of phenolic OH excluding ortho intramolecular Hbond substituents is 1. The lowest BCUT2D eigenvalue weighted by Crippen LogP contribution is -1.86. The molecule has 0 amide bonds. The summed E-state index contributed by atoms with van der Waals surface area (Å²) in [5.74, 6) is -1.44. The highest BCUT2D eigenvalue weighted by molar-refractivity contribution is 6.30. The number of aromatic hydroxyl groups is 1. The third-order valence-corrected chi connectivity index (χ3v) is 2.42. The van der Waals surface area contributed by atoms with Crippen molar-refractivity contribution in [1.82, 2.24) is 0 Å². The first-order valence-corrected chi connectivity index (χ1v) is 4.89. The Morgan fingerprint density at radius 1 is 0.938 bits per heavy atom. The van der Waals surface area contributed by atoms with Gasteiger partial charge < -0.3 is 5.11 Å². The van der Waals surface area contributed by atoms with Gasteiger partial charge in [0, 0.05) is 22.2 Å². The normalized spacial score (nSPS) is 10.4. The second kappa shape index (κ2) is 4.10. The fourth-order valence-corrected chi connectivity index (χ4v) is 1.60. The molecule has 0 atom stereocenters. The van der Waals surface area contributed by atoms with Crippen molar-refractivity contribution in [2.75, 3.05) is 0 Å². The zero-order valence-corrected chi connectivity index (χ0v) is 8.80. The SMILES string of the molecule is Oc1cc(F)ccc1-c1ccc(Cl)cc1F. The lowest BCUT2D eigenvalue weighted by atomic mass is 10.0. The van der Waals surface area contributed by atoms with Gasteiger partial charge in [-0.15, -0.1) is 0 Å². The lowest BCUT2D eigenvalue weighted by Gasteiger charge is -2.06. The minimum atomic E-state index is -0.573. The molecule has 0 aliphatic carbocycles. The lowest BCUT2D eigenvalue weighted by molar-refractivity contribution is 0.470. The zero-order valence-electron chi connectivity index (χ0n) is 8.05. The maximum absolute atomic E-state index is 13.5. The second-order valence-corrected chi connectivity index (χ2v) is 3.72. The van der Waals surface area contributed by atoms with Gasteiger partial charge in [-0.1, -0.05) is 11.6 Å². The average Bonchev–Trinajstić information content (AvgIpc) is 2.19. The average molecular weight is 241 g/mol. The molecule has 1 nitrogen and oxygen atoms in total. The molecule has 0 aliphatic rings. The standard InChI is InChI=1S/C12H7ClF2O/c13-7-1-3-9(11(15)5-7)10-4-2-8(14)6-12(10)16/h1-6,16H. The summed E-state index contributed by atoms with van der Waals surface area (Å²) in [4.78, 5) is 0. The van der Waals surface area contributed by atoms with Gasteiger partial charge in [0.2, 0.25) is 0 Å². The summed E-state index contributed by atoms with van der Waals surface area (Å²) in [7, 11) is 0. The van der Waals surface area contributed by atoms with Crippen LogP contribution in [0.15, 0.2) is 36.4 Å². The van der Waals surface area contributed by atoms with E-state index in [1.807, 2.05) is 0 Å². The third-order valence-electron chi connectivity index (χ3n) is 2.18. The van der Waals surface area contributed by atoms with Crippen molar-refractivity contribution in [3.05, 3.63) is 53.1 Å². The Hall–Kier alpha value is -1.61. The molecule has 0 saturated heterocycles. The minimum absolute atomic E-state index is 0.182. The summed E-state index contributed by atoms with van der Waals surface area (Å²) in [5.41, 5.74) is 0.414. The molecule has 1 N–H and O–H groups in total. The van der Waals surface area contributed by atoms with Crippen molar-refractivity contribution < 1.29 is 13.9 Å². The van der Waals surface area contributed by atoms with Gasteiger partial charge in [0.1, 0.15) is 17.4 Å². The molecule has 0 bridgehead atoms. The maximum atomic E-state index is 13.5. The molecule has 2 rings (SSSR count). The zero-order chi connectivity index (χ0) is 11.7. The van der Waals surface area contributed by atoms with Crippen LogP contribution >= 0.6 is 11.6 Å². The first kappa shape index (κ1) is 10.9. The van der Waals surface area contributed by atoms with E-state index in [2.05, 4.69) is 0 Å². The molecule has 0 heterocycles. The quantitative estimate of drug-likeness (QED) is 0.799. The molecular weight excluding hydrogens is 234 g/mol. The number of halogens is 3. The fourth-order valence-electron chi connectivity index (χ4n) is 1.44. The van der Waals surface area contributed by atoms with E-state index >= 15 is 0 Å². The summed E-state index contributed by atoms with van der Waals surface area (Å²) >= 11 is 5.61. The van der Waals surface area contributed by atoms with E-state index in [-0.39, 0.29) is 21.9 Å². The second-order valence-electron chi connectivity index (χ2n) is 3.29. The van der Waals surface area contributed by atoms with Crippen LogP contribution in [0.4, 0.5) is 8.78 Å². The van der Waals surface area contributed by atoms with Crippen molar-refractivity contribution >= 4 is 11.6 Å². The molecule has 0 aliphatic heterocycles. The largest absolute Gasteiger partial charge is 0.507 e. The van der Waals surface area contributed by atoms with E-state index in [4.69, 9.17) is 11.6 Å². The number of hydrogen-bond acceptors (Lipinski definition) is 1. The first-order valence-electron chi connectivity index (χ1n) is 4.52. The van der Waals surface area contributed by atoms with Crippen LogP contribution in [0.25, 0.3) is 11.1 Å². The Morgan fingerprint density at radius 2 is 1.62 bits per heavy atom. The van der Waals surface area contributed by atoms with Gasteiger partial charge in [0.05, 0.1) is 0 Å². The predicted molar refractivity (Wildman–Crippen MR) is 58.5 cm³/mol. The smallest absolute Gasteiger partial charge is 0.132 e. The molecule has 16 heavy (non-hydrogen) atoms.